The Morgan fingerprint density at radius 2 is 1.90 bits per heavy atom. The minimum Gasteiger partial charge on any atom is -0.327 e. The summed E-state index contributed by atoms with van der Waals surface area (Å²) in [4.78, 5) is 3.89. The number of imidazole rings is 1. The molecule has 0 aliphatic rings. The fourth-order valence-electron chi connectivity index (χ4n) is 1.99. The largest absolute Gasteiger partial charge is 0.389 e. The third kappa shape index (κ3) is 3.20. The summed E-state index contributed by atoms with van der Waals surface area (Å²) in [5, 5.41) is 0. The Labute approximate surface area is 116 Å². The van der Waals surface area contributed by atoms with Crippen LogP contribution in [0.4, 0.5) is 22.0 Å². The van der Waals surface area contributed by atoms with Gasteiger partial charge in [0.2, 0.25) is 0 Å². The Morgan fingerprint density at radius 1 is 1.20 bits per heavy atom. The average molecular weight is 313 g/mol. The van der Waals surface area contributed by atoms with E-state index in [0.29, 0.717) is 6.07 Å². The molecule has 2 aromatic rings. The summed E-state index contributed by atoms with van der Waals surface area (Å²) in [6.07, 6.45) is -5.46. The number of rotatable bonds is 4. The van der Waals surface area contributed by atoms with E-state index in [2.05, 4.69) is 4.98 Å². The van der Waals surface area contributed by atoms with Gasteiger partial charge in [-0.3, -0.25) is 0 Å². The summed E-state index contributed by atoms with van der Waals surface area (Å²) in [6, 6.07) is 1.71. The van der Waals surface area contributed by atoms with Crippen molar-refractivity contribution >= 4 is 22.6 Å². The maximum Gasteiger partial charge on any atom is 0.389 e. The highest BCUT2D eigenvalue weighted by molar-refractivity contribution is 6.16. The lowest BCUT2D eigenvalue weighted by Crippen LogP contribution is -2.10. The van der Waals surface area contributed by atoms with Crippen LogP contribution >= 0.6 is 11.6 Å². The van der Waals surface area contributed by atoms with Gasteiger partial charge in [-0.2, -0.15) is 13.2 Å². The number of fused-ring (bicyclic) bond motifs is 1. The average Bonchev–Trinajstić information content (AvgIpc) is 2.66. The van der Waals surface area contributed by atoms with E-state index < -0.39 is 24.2 Å². The Balaban J connectivity index is 2.35. The lowest BCUT2D eigenvalue weighted by atomic mass is 10.2. The van der Waals surface area contributed by atoms with Crippen molar-refractivity contribution < 1.29 is 22.0 Å². The molecule has 2 rings (SSSR count). The van der Waals surface area contributed by atoms with Crippen LogP contribution in [0.5, 0.6) is 0 Å². The Kier molecular flexibility index (Phi) is 4.17. The summed E-state index contributed by atoms with van der Waals surface area (Å²) >= 11 is 5.64. The molecule has 2 nitrogen and oxygen atoms in total. The Morgan fingerprint density at radius 3 is 2.50 bits per heavy atom. The van der Waals surface area contributed by atoms with E-state index in [4.69, 9.17) is 11.6 Å². The zero-order chi connectivity index (χ0) is 14.9. The van der Waals surface area contributed by atoms with Gasteiger partial charge in [-0.05, 0) is 12.5 Å². The molecule has 0 spiro atoms. The predicted molar refractivity (Wildman–Crippen MR) is 64.5 cm³/mol. The summed E-state index contributed by atoms with van der Waals surface area (Å²) in [6.45, 7) is -0.0546. The van der Waals surface area contributed by atoms with Gasteiger partial charge in [-0.15, -0.1) is 11.6 Å². The number of hydrogen-bond donors (Lipinski definition) is 0. The van der Waals surface area contributed by atoms with E-state index in [-0.39, 0.29) is 35.7 Å². The smallest absolute Gasteiger partial charge is 0.327 e. The van der Waals surface area contributed by atoms with Crippen LogP contribution in [-0.4, -0.2) is 15.7 Å². The molecule has 20 heavy (non-hydrogen) atoms. The van der Waals surface area contributed by atoms with Crippen molar-refractivity contribution in [2.24, 2.45) is 0 Å². The second kappa shape index (κ2) is 5.55. The molecule has 0 N–H and O–H groups in total. The molecule has 0 amide bonds. The van der Waals surface area contributed by atoms with Gasteiger partial charge in [0, 0.05) is 19.0 Å². The molecule has 0 bridgehead atoms. The molecule has 1 aromatic carbocycles. The van der Waals surface area contributed by atoms with Gasteiger partial charge in [0.25, 0.3) is 0 Å². The fraction of sp³-hybridized carbons (Fsp3) is 0.417. The SMILES string of the molecule is Fc1cc(F)c2nc(CCl)n(CCCC(F)(F)F)c2c1. The second-order valence-electron chi connectivity index (χ2n) is 4.29. The lowest BCUT2D eigenvalue weighted by Gasteiger charge is -2.09. The van der Waals surface area contributed by atoms with Gasteiger partial charge < -0.3 is 4.57 Å². The molecular weight excluding hydrogens is 303 g/mol. The molecule has 110 valence electrons. The van der Waals surface area contributed by atoms with Crippen LogP contribution in [-0.2, 0) is 12.4 Å². The van der Waals surface area contributed by atoms with Gasteiger partial charge in [0.15, 0.2) is 5.82 Å². The van der Waals surface area contributed by atoms with E-state index in [1.165, 1.54) is 4.57 Å². The molecule has 0 saturated carbocycles. The molecule has 0 aliphatic heterocycles. The number of nitrogens with zero attached hydrogens (tertiary/aromatic N) is 2. The molecule has 0 aliphatic carbocycles. The van der Waals surface area contributed by atoms with Crippen LogP contribution in [0.3, 0.4) is 0 Å². The van der Waals surface area contributed by atoms with Gasteiger partial charge >= 0.3 is 6.18 Å². The van der Waals surface area contributed by atoms with E-state index in [9.17, 15) is 22.0 Å². The molecule has 1 heterocycles. The van der Waals surface area contributed by atoms with Gasteiger partial charge in [-0.1, -0.05) is 0 Å². The Hall–Kier alpha value is -1.37. The first-order valence-corrected chi connectivity index (χ1v) is 6.32. The lowest BCUT2D eigenvalue weighted by molar-refractivity contribution is -0.135. The van der Waals surface area contributed by atoms with Crippen LogP contribution < -0.4 is 0 Å². The van der Waals surface area contributed by atoms with Crippen LogP contribution in [0, 0.1) is 11.6 Å². The third-order valence-electron chi connectivity index (χ3n) is 2.81. The van der Waals surface area contributed by atoms with E-state index in [1.54, 1.807) is 0 Å². The van der Waals surface area contributed by atoms with Crippen molar-refractivity contribution in [1.82, 2.24) is 9.55 Å². The Bertz CT molecular complexity index is 620. The molecule has 0 saturated heterocycles. The molecule has 0 fully saturated rings. The standard InChI is InChI=1S/C12H10ClF5N2/c13-6-10-19-11-8(15)4-7(14)5-9(11)20(10)3-1-2-12(16,17)18/h4-5H,1-3,6H2. The minimum absolute atomic E-state index is 0.0546. The zero-order valence-electron chi connectivity index (χ0n) is 10.1. The normalized spacial score (nSPS) is 12.3. The topological polar surface area (TPSA) is 17.8 Å². The van der Waals surface area contributed by atoms with Crippen molar-refractivity contribution in [1.29, 1.82) is 0 Å². The van der Waals surface area contributed by atoms with Crippen molar-refractivity contribution in [3.8, 4) is 0 Å². The van der Waals surface area contributed by atoms with Crippen LogP contribution in [0.1, 0.15) is 18.7 Å². The van der Waals surface area contributed by atoms with E-state index >= 15 is 0 Å². The maximum atomic E-state index is 13.5. The molecule has 0 atom stereocenters. The number of aromatic nitrogens is 2. The summed E-state index contributed by atoms with van der Waals surface area (Å²) in [5.41, 5.74) is 0.0226. The number of hydrogen-bond acceptors (Lipinski definition) is 1. The quantitative estimate of drug-likeness (QED) is 0.604. The maximum absolute atomic E-state index is 13.5. The van der Waals surface area contributed by atoms with Crippen LogP contribution in [0.2, 0.25) is 0 Å². The molecule has 1 aromatic heterocycles. The highest BCUT2D eigenvalue weighted by atomic mass is 35.5. The number of aryl methyl sites for hydroxylation is 1. The first kappa shape index (κ1) is 15.0. The highest BCUT2D eigenvalue weighted by Gasteiger charge is 2.26. The van der Waals surface area contributed by atoms with E-state index in [1.807, 2.05) is 0 Å². The minimum atomic E-state index is -4.27. The van der Waals surface area contributed by atoms with Crippen molar-refractivity contribution in [3.05, 3.63) is 29.6 Å². The van der Waals surface area contributed by atoms with Crippen LogP contribution in [0.15, 0.2) is 12.1 Å². The number of alkyl halides is 4. The molecule has 8 heteroatoms. The number of halogens is 6. The second-order valence-corrected chi connectivity index (χ2v) is 4.55. The van der Waals surface area contributed by atoms with Gasteiger partial charge in [0.1, 0.15) is 17.2 Å². The van der Waals surface area contributed by atoms with Crippen molar-refractivity contribution in [3.63, 3.8) is 0 Å². The van der Waals surface area contributed by atoms with E-state index in [0.717, 1.165) is 6.07 Å². The third-order valence-corrected chi connectivity index (χ3v) is 3.05. The van der Waals surface area contributed by atoms with Crippen LogP contribution in [0.25, 0.3) is 11.0 Å². The fourth-order valence-corrected chi connectivity index (χ4v) is 2.19. The summed E-state index contributed by atoms with van der Waals surface area (Å²) < 4.78 is 64.5. The first-order valence-electron chi connectivity index (χ1n) is 5.78. The van der Waals surface area contributed by atoms with Crippen molar-refractivity contribution in [2.75, 3.05) is 0 Å². The number of benzene rings is 1. The van der Waals surface area contributed by atoms with Gasteiger partial charge in [-0.25, -0.2) is 13.8 Å². The summed E-state index contributed by atoms with van der Waals surface area (Å²) in [7, 11) is 0. The monoisotopic (exact) mass is 312 g/mol. The van der Waals surface area contributed by atoms with Gasteiger partial charge in [0.05, 0.1) is 11.4 Å². The molecule has 0 unspecified atom stereocenters. The zero-order valence-corrected chi connectivity index (χ0v) is 10.9. The predicted octanol–water partition coefficient (Wildman–Crippen LogP) is 4.40. The molecule has 0 radical (unpaired) electrons. The van der Waals surface area contributed by atoms with Crippen molar-refractivity contribution in [2.45, 2.75) is 31.4 Å². The summed E-state index contributed by atoms with van der Waals surface area (Å²) in [5.74, 6) is -1.55. The molecular formula is C12H10ClF5N2. The highest BCUT2D eigenvalue weighted by Crippen LogP contribution is 2.25. The first-order chi connectivity index (χ1) is 9.31.